The van der Waals surface area contributed by atoms with Gasteiger partial charge in [0.25, 0.3) is 0 Å². The minimum atomic E-state index is 0.0840. The topological polar surface area (TPSA) is 26.3 Å². The van der Waals surface area contributed by atoms with Crippen molar-refractivity contribution >= 4 is 5.78 Å². The molecule has 0 aromatic heterocycles. The summed E-state index contributed by atoms with van der Waals surface area (Å²) in [6.07, 6.45) is 1.94. The lowest BCUT2D eigenvalue weighted by Gasteiger charge is -2.16. The highest BCUT2D eigenvalue weighted by Gasteiger charge is 2.14. The number of para-hydroxylation sites is 1. The van der Waals surface area contributed by atoms with Crippen molar-refractivity contribution in [2.75, 3.05) is 6.61 Å². The maximum absolute atomic E-state index is 11.8. The Morgan fingerprint density at radius 3 is 2.44 bits per heavy atom. The smallest absolute Gasteiger partial charge is 0.172 e. The molecule has 18 heavy (non-hydrogen) atoms. The Hall–Kier alpha value is -1.31. The summed E-state index contributed by atoms with van der Waals surface area (Å²) in [6, 6.07) is 8.00. The van der Waals surface area contributed by atoms with Gasteiger partial charge in [-0.15, -0.1) is 0 Å². The molecule has 2 nitrogen and oxygen atoms in total. The summed E-state index contributed by atoms with van der Waals surface area (Å²) in [7, 11) is 0. The predicted octanol–water partition coefficient (Wildman–Crippen LogP) is 4.19. The molecule has 0 saturated heterocycles. The molecule has 0 saturated carbocycles. The van der Waals surface area contributed by atoms with E-state index in [0.29, 0.717) is 5.92 Å². The lowest BCUT2D eigenvalue weighted by Crippen LogP contribution is -2.19. The van der Waals surface area contributed by atoms with E-state index in [1.54, 1.807) is 0 Å². The summed E-state index contributed by atoms with van der Waals surface area (Å²) >= 11 is 0. The van der Waals surface area contributed by atoms with Gasteiger partial charge >= 0.3 is 0 Å². The fourth-order valence-corrected chi connectivity index (χ4v) is 1.76. The van der Waals surface area contributed by atoms with Gasteiger partial charge in [0.1, 0.15) is 12.4 Å². The molecule has 1 aromatic rings. The molecule has 2 heteroatoms. The molecular weight excluding hydrogens is 224 g/mol. The first-order valence-corrected chi connectivity index (χ1v) is 6.84. The molecule has 1 aromatic carbocycles. The Kier molecular flexibility index (Phi) is 5.90. The summed E-state index contributed by atoms with van der Waals surface area (Å²) < 4.78 is 5.70. The number of hydrogen-bond donors (Lipinski definition) is 0. The molecule has 2 atom stereocenters. The van der Waals surface area contributed by atoms with E-state index in [-0.39, 0.29) is 18.3 Å². The van der Waals surface area contributed by atoms with Crippen molar-refractivity contribution < 1.29 is 9.53 Å². The van der Waals surface area contributed by atoms with E-state index in [4.69, 9.17) is 4.74 Å². The summed E-state index contributed by atoms with van der Waals surface area (Å²) in [5.41, 5.74) is 1.19. The van der Waals surface area contributed by atoms with Crippen molar-refractivity contribution in [2.45, 2.75) is 46.5 Å². The van der Waals surface area contributed by atoms with Gasteiger partial charge in [0.05, 0.1) is 0 Å². The van der Waals surface area contributed by atoms with Gasteiger partial charge in [-0.25, -0.2) is 0 Å². The normalized spacial score (nSPS) is 14.0. The van der Waals surface area contributed by atoms with Crippen LogP contribution in [0.25, 0.3) is 0 Å². The molecule has 0 N–H and O–H groups in total. The van der Waals surface area contributed by atoms with Gasteiger partial charge in [0.15, 0.2) is 5.78 Å². The van der Waals surface area contributed by atoms with E-state index in [9.17, 15) is 4.79 Å². The van der Waals surface area contributed by atoms with E-state index in [1.165, 1.54) is 5.56 Å². The molecule has 0 heterocycles. The Morgan fingerprint density at radius 2 is 1.83 bits per heavy atom. The number of Topliss-reactive ketones (excluding diaryl/α,β-unsaturated/α-hetero) is 1. The molecule has 0 radical (unpaired) electrons. The lowest BCUT2D eigenvalue weighted by molar-refractivity contribution is -0.124. The predicted molar refractivity (Wildman–Crippen MR) is 75.1 cm³/mol. The largest absolute Gasteiger partial charge is 0.486 e. The van der Waals surface area contributed by atoms with Gasteiger partial charge < -0.3 is 4.74 Å². The fraction of sp³-hybridized carbons (Fsp3) is 0.562. The number of benzene rings is 1. The van der Waals surface area contributed by atoms with Crippen LogP contribution in [0.1, 0.15) is 52.0 Å². The van der Waals surface area contributed by atoms with Gasteiger partial charge in [-0.2, -0.15) is 0 Å². The fourth-order valence-electron chi connectivity index (χ4n) is 1.76. The van der Waals surface area contributed by atoms with Crippen LogP contribution >= 0.6 is 0 Å². The highest BCUT2D eigenvalue weighted by molar-refractivity contribution is 5.82. The van der Waals surface area contributed by atoms with Crippen LogP contribution in [-0.4, -0.2) is 12.4 Å². The molecule has 0 amide bonds. The van der Waals surface area contributed by atoms with Crippen LogP contribution in [0.5, 0.6) is 5.75 Å². The quantitative estimate of drug-likeness (QED) is 0.723. The summed E-state index contributed by atoms with van der Waals surface area (Å²) in [4.78, 5) is 11.8. The zero-order chi connectivity index (χ0) is 13.5. The molecule has 0 fully saturated rings. The minimum Gasteiger partial charge on any atom is -0.486 e. The van der Waals surface area contributed by atoms with Crippen molar-refractivity contribution in [3.05, 3.63) is 29.8 Å². The van der Waals surface area contributed by atoms with Gasteiger partial charge in [0, 0.05) is 5.92 Å². The van der Waals surface area contributed by atoms with Crippen molar-refractivity contribution in [3.8, 4) is 5.75 Å². The molecule has 0 spiro atoms. The van der Waals surface area contributed by atoms with Crippen LogP contribution in [0.15, 0.2) is 24.3 Å². The first-order chi connectivity index (χ1) is 8.60. The molecule has 0 aliphatic carbocycles. The van der Waals surface area contributed by atoms with Crippen LogP contribution in [0.4, 0.5) is 0 Å². The van der Waals surface area contributed by atoms with E-state index in [2.05, 4.69) is 19.9 Å². The van der Waals surface area contributed by atoms with Crippen LogP contribution < -0.4 is 4.74 Å². The maximum Gasteiger partial charge on any atom is 0.172 e. The highest BCUT2D eigenvalue weighted by atomic mass is 16.5. The Labute approximate surface area is 110 Å². The third-order valence-corrected chi connectivity index (χ3v) is 3.59. The molecule has 0 aliphatic heterocycles. The number of rotatable bonds is 7. The van der Waals surface area contributed by atoms with Crippen molar-refractivity contribution in [3.63, 3.8) is 0 Å². The number of ether oxygens (including phenoxy) is 1. The first-order valence-electron chi connectivity index (χ1n) is 6.84. The van der Waals surface area contributed by atoms with E-state index < -0.39 is 0 Å². The molecular formula is C16H24O2. The van der Waals surface area contributed by atoms with Gasteiger partial charge in [0.2, 0.25) is 0 Å². The monoisotopic (exact) mass is 248 g/mol. The van der Waals surface area contributed by atoms with Crippen molar-refractivity contribution in [1.82, 2.24) is 0 Å². The third-order valence-electron chi connectivity index (χ3n) is 3.59. The second kappa shape index (κ2) is 7.20. The van der Waals surface area contributed by atoms with Crippen LogP contribution in [0, 0.1) is 5.92 Å². The number of carbonyl (C=O) groups is 1. The van der Waals surface area contributed by atoms with Gasteiger partial charge in [-0.3, -0.25) is 4.79 Å². The highest BCUT2D eigenvalue weighted by Crippen LogP contribution is 2.28. The second-order valence-corrected chi connectivity index (χ2v) is 4.91. The summed E-state index contributed by atoms with van der Waals surface area (Å²) in [6.45, 7) is 8.49. The van der Waals surface area contributed by atoms with E-state index >= 15 is 0 Å². The standard InChI is InChI=1S/C16H24O2/c1-5-12(3)14-9-7-8-10-16(14)18-11-15(17)13(4)6-2/h7-10,12-13H,5-6,11H2,1-4H3. The van der Waals surface area contributed by atoms with Crippen LogP contribution in [0.3, 0.4) is 0 Å². The third kappa shape index (κ3) is 3.86. The molecule has 0 bridgehead atoms. The summed E-state index contributed by atoms with van der Waals surface area (Å²) in [5, 5.41) is 0. The summed E-state index contributed by atoms with van der Waals surface area (Å²) in [5.74, 6) is 1.57. The van der Waals surface area contributed by atoms with Gasteiger partial charge in [-0.05, 0) is 30.4 Å². The molecule has 100 valence electrons. The van der Waals surface area contributed by atoms with Crippen LogP contribution in [-0.2, 0) is 4.79 Å². The minimum absolute atomic E-state index is 0.0840. The Balaban J connectivity index is 2.70. The zero-order valence-corrected chi connectivity index (χ0v) is 11.9. The average Bonchev–Trinajstić information content (AvgIpc) is 2.43. The number of ketones is 1. The molecule has 0 aliphatic rings. The van der Waals surface area contributed by atoms with E-state index in [1.807, 2.05) is 32.0 Å². The van der Waals surface area contributed by atoms with Crippen molar-refractivity contribution in [1.29, 1.82) is 0 Å². The number of hydrogen-bond acceptors (Lipinski definition) is 2. The Bertz CT molecular complexity index is 384. The Morgan fingerprint density at radius 1 is 1.17 bits per heavy atom. The molecule has 2 unspecified atom stereocenters. The SMILES string of the molecule is CCC(C)C(=O)COc1ccccc1C(C)CC. The molecule has 1 rings (SSSR count). The first kappa shape index (κ1) is 14.7. The van der Waals surface area contributed by atoms with Crippen LogP contribution in [0.2, 0.25) is 0 Å². The number of carbonyl (C=O) groups excluding carboxylic acids is 1. The maximum atomic E-state index is 11.8. The van der Waals surface area contributed by atoms with Gasteiger partial charge in [-0.1, -0.05) is 45.9 Å². The lowest BCUT2D eigenvalue weighted by atomic mass is 9.98. The zero-order valence-electron chi connectivity index (χ0n) is 11.9. The van der Waals surface area contributed by atoms with Crippen molar-refractivity contribution in [2.24, 2.45) is 5.92 Å². The van der Waals surface area contributed by atoms with E-state index in [0.717, 1.165) is 18.6 Å². The second-order valence-electron chi connectivity index (χ2n) is 4.91. The average molecular weight is 248 g/mol.